The molecule has 2 aliphatic rings. The maximum atomic E-state index is 11.4. The van der Waals surface area contributed by atoms with Crippen molar-refractivity contribution < 1.29 is 34.0 Å². The second-order valence-electron chi connectivity index (χ2n) is 6.10. The minimum atomic E-state index is -1.72. The van der Waals surface area contributed by atoms with Crippen LogP contribution >= 0.6 is 11.6 Å². The van der Waals surface area contributed by atoms with Crippen LogP contribution in [-0.2, 0) is 23.7 Å². The van der Waals surface area contributed by atoms with Gasteiger partial charge in [0.1, 0.15) is 17.3 Å². The zero-order valence-corrected chi connectivity index (χ0v) is 14.9. The lowest BCUT2D eigenvalue weighted by Gasteiger charge is -2.47. The van der Waals surface area contributed by atoms with Crippen LogP contribution in [0.2, 0.25) is 0 Å². The molecule has 8 heteroatoms. The fraction of sp³-hybridized carbons (Fsp3) is 0.812. The van der Waals surface area contributed by atoms with Gasteiger partial charge in [-0.25, -0.2) is 0 Å². The van der Waals surface area contributed by atoms with Crippen molar-refractivity contribution in [3.8, 4) is 0 Å². The molecule has 1 aliphatic carbocycles. The van der Waals surface area contributed by atoms with E-state index in [4.69, 9.17) is 30.5 Å². The second kappa shape index (κ2) is 7.27. The fourth-order valence-corrected chi connectivity index (χ4v) is 3.92. The highest BCUT2D eigenvalue weighted by Crippen LogP contribution is 2.54. The summed E-state index contributed by atoms with van der Waals surface area (Å²) in [6, 6.07) is 0. The predicted molar refractivity (Wildman–Crippen MR) is 85.3 cm³/mol. The summed E-state index contributed by atoms with van der Waals surface area (Å²) in [7, 11) is 0. The van der Waals surface area contributed by atoms with E-state index in [0.29, 0.717) is 13.2 Å². The normalized spacial score (nSPS) is 42.0. The van der Waals surface area contributed by atoms with E-state index in [-0.39, 0.29) is 17.9 Å². The zero-order valence-electron chi connectivity index (χ0n) is 14.2. The Kier molecular flexibility index (Phi) is 5.95. The van der Waals surface area contributed by atoms with Crippen LogP contribution in [0.25, 0.3) is 0 Å². The maximum absolute atomic E-state index is 11.4. The summed E-state index contributed by atoms with van der Waals surface area (Å²) >= 11 is 6.00. The molecule has 1 saturated carbocycles. The molecule has 0 aromatic heterocycles. The third-order valence-electron chi connectivity index (χ3n) is 4.65. The Morgan fingerprint density at radius 3 is 2.50 bits per heavy atom. The van der Waals surface area contributed by atoms with Crippen LogP contribution in [0.3, 0.4) is 0 Å². The molecule has 6 unspecified atom stereocenters. The number of ether oxygens (including phenoxy) is 4. The van der Waals surface area contributed by atoms with Gasteiger partial charge in [-0.15, -0.1) is 11.6 Å². The van der Waals surface area contributed by atoms with Crippen LogP contribution in [0, 0.1) is 5.92 Å². The zero-order chi connectivity index (χ0) is 18.1. The lowest BCUT2D eigenvalue weighted by Crippen LogP contribution is -2.61. The number of carbonyl (C=O) groups excluding carboxylic acids is 1. The molecule has 1 heterocycles. The van der Waals surface area contributed by atoms with Crippen molar-refractivity contribution in [3.63, 3.8) is 0 Å². The van der Waals surface area contributed by atoms with Crippen molar-refractivity contribution in [2.24, 2.45) is 5.92 Å². The lowest BCUT2D eigenvalue weighted by molar-refractivity contribution is -0.311. The quantitative estimate of drug-likeness (QED) is 0.411. The first-order chi connectivity index (χ1) is 11.2. The van der Waals surface area contributed by atoms with E-state index in [1.807, 2.05) is 0 Å². The Bertz CT molecular complexity index is 499. The average molecular weight is 365 g/mol. The van der Waals surface area contributed by atoms with Gasteiger partial charge in [-0.1, -0.05) is 6.58 Å². The Hall–Kier alpha value is -0.700. The van der Waals surface area contributed by atoms with Crippen LogP contribution in [0.15, 0.2) is 12.2 Å². The molecule has 2 rings (SSSR count). The maximum Gasteiger partial charge on any atom is 0.303 e. The summed E-state index contributed by atoms with van der Waals surface area (Å²) in [5.41, 5.74) is -3.06. The Balaban J connectivity index is 2.45. The van der Waals surface area contributed by atoms with Gasteiger partial charge in [0.2, 0.25) is 0 Å². The molecule has 2 fully saturated rings. The van der Waals surface area contributed by atoms with Crippen molar-refractivity contribution >= 4 is 17.6 Å². The summed E-state index contributed by atoms with van der Waals surface area (Å²) in [5, 5.41) is 22.4. The van der Waals surface area contributed by atoms with Gasteiger partial charge in [-0.2, -0.15) is 0 Å². The number of rotatable bonds is 6. The fourth-order valence-electron chi connectivity index (χ4n) is 3.58. The minimum absolute atomic E-state index is 0.0597. The van der Waals surface area contributed by atoms with Gasteiger partial charge in [0.15, 0.2) is 12.6 Å². The number of esters is 1. The summed E-state index contributed by atoms with van der Waals surface area (Å²) in [4.78, 5) is 11.4. The monoisotopic (exact) mass is 364 g/mol. The number of fused-ring (bicyclic) bond motifs is 1. The molecule has 24 heavy (non-hydrogen) atoms. The first kappa shape index (κ1) is 19.6. The number of hydrogen-bond donors (Lipinski definition) is 2. The summed E-state index contributed by atoms with van der Waals surface area (Å²) in [6.07, 6.45) is -2.93. The molecule has 0 spiro atoms. The van der Waals surface area contributed by atoms with Gasteiger partial charge in [0.25, 0.3) is 0 Å². The lowest BCUT2D eigenvalue weighted by atomic mass is 9.76. The van der Waals surface area contributed by atoms with Crippen LogP contribution in [0.5, 0.6) is 0 Å². The molecule has 1 aliphatic heterocycles. The smallest absolute Gasteiger partial charge is 0.303 e. The van der Waals surface area contributed by atoms with E-state index in [1.54, 1.807) is 13.8 Å². The second-order valence-corrected chi connectivity index (χ2v) is 6.37. The largest absolute Gasteiger partial charge is 0.459 e. The number of carbonyl (C=O) groups is 1. The molecular weight excluding hydrogens is 340 g/mol. The average Bonchev–Trinajstić information content (AvgIpc) is 2.73. The third-order valence-corrected chi connectivity index (χ3v) is 5.08. The molecule has 0 aromatic carbocycles. The van der Waals surface area contributed by atoms with Crippen LogP contribution in [-0.4, -0.2) is 65.2 Å². The number of aliphatic hydroxyl groups is 2. The molecule has 0 aromatic rings. The molecule has 7 nitrogen and oxygen atoms in total. The standard InChI is InChI=1S/C16H25ClO7/c1-5-21-13-9(3)15(19)7-11(23-10(4)18)16(20,8-17)12(15)14(24-13)22-6-2/h11-14,19-20H,3,5-8H2,1-2,4H3. The topological polar surface area (TPSA) is 94.5 Å². The van der Waals surface area contributed by atoms with E-state index in [0.717, 1.165) is 0 Å². The van der Waals surface area contributed by atoms with Crippen molar-refractivity contribution in [1.29, 1.82) is 0 Å². The highest BCUT2D eigenvalue weighted by molar-refractivity contribution is 6.18. The van der Waals surface area contributed by atoms with Crippen LogP contribution in [0.4, 0.5) is 0 Å². The molecule has 0 bridgehead atoms. The van der Waals surface area contributed by atoms with Gasteiger partial charge < -0.3 is 29.2 Å². The molecule has 0 radical (unpaired) electrons. The number of hydrogen-bond acceptors (Lipinski definition) is 7. The van der Waals surface area contributed by atoms with E-state index in [2.05, 4.69) is 6.58 Å². The minimum Gasteiger partial charge on any atom is -0.459 e. The van der Waals surface area contributed by atoms with Crippen molar-refractivity contribution in [2.45, 2.75) is 57.1 Å². The van der Waals surface area contributed by atoms with Gasteiger partial charge in [0, 0.05) is 32.1 Å². The molecule has 2 N–H and O–H groups in total. The van der Waals surface area contributed by atoms with Crippen molar-refractivity contribution in [3.05, 3.63) is 12.2 Å². The Labute approximate surface area is 146 Å². The highest BCUT2D eigenvalue weighted by atomic mass is 35.5. The molecule has 0 amide bonds. The van der Waals surface area contributed by atoms with Gasteiger partial charge in [-0.3, -0.25) is 4.79 Å². The predicted octanol–water partition coefficient (Wildman–Crippen LogP) is 0.951. The summed E-state index contributed by atoms with van der Waals surface area (Å²) in [5.74, 6) is -1.81. The van der Waals surface area contributed by atoms with Crippen molar-refractivity contribution in [1.82, 2.24) is 0 Å². The van der Waals surface area contributed by atoms with Crippen LogP contribution in [0.1, 0.15) is 27.2 Å². The third kappa shape index (κ3) is 3.09. The van der Waals surface area contributed by atoms with Crippen molar-refractivity contribution in [2.75, 3.05) is 19.1 Å². The molecule has 1 saturated heterocycles. The first-order valence-electron chi connectivity index (χ1n) is 8.00. The van der Waals surface area contributed by atoms with Gasteiger partial charge >= 0.3 is 5.97 Å². The molecule has 138 valence electrons. The molecular formula is C16H25ClO7. The van der Waals surface area contributed by atoms with Gasteiger partial charge in [-0.05, 0) is 13.8 Å². The van der Waals surface area contributed by atoms with Crippen LogP contribution < -0.4 is 0 Å². The van der Waals surface area contributed by atoms with E-state index < -0.39 is 41.8 Å². The SMILES string of the molecule is C=C1C(OCC)OC(OCC)C2C1(O)CC(OC(C)=O)C2(O)CCl. The number of halogens is 1. The van der Waals surface area contributed by atoms with E-state index in [1.165, 1.54) is 6.92 Å². The summed E-state index contributed by atoms with van der Waals surface area (Å²) in [6.45, 7) is 9.30. The molecule has 6 atom stereocenters. The summed E-state index contributed by atoms with van der Waals surface area (Å²) < 4.78 is 22.0. The van der Waals surface area contributed by atoms with E-state index >= 15 is 0 Å². The Morgan fingerprint density at radius 1 is 1.38 bits per heavy atom. The highest BCUT2D eigenvalue weighted by Gasteiger charge is 2.69. The van der Waals surface area contributed by atoms with Gasteiger partial charge in [0.05, 0.1) is 11.8 Å². The first-order valence-corrected chi connectivity index (χ1v) is 8.53. The Morgan fingerprint density at radius 2 is 2.00 bits per heavy atom. The van der Waals surface area contributed by atoms with E-state index in [9.17, 15) is 15.0 Å². The number of alkyl halides is 1.